The lowest BCUT2D eigenvalue weighted by molar-refractivity contribution is -0.147. The highest BCUT2D eigenvalue weighted by atomic mass is 32.1. The van der Waals surface area contributed by atoms with Crippen LogP contribution in [0, 0.1) is 0 Å². The predicted molar refractivity (Wildman–Crippen MR) is 113 cm³/mol. The molecule has 0 unspecified atom stereocenters. The zero-order chi connectivity index (χ0) is 22.5. The van der Waals surface area contributed by atoms with E-state index in [0.29, 0.717) is 31.4 Å². The SMILES string of the molecule is CCCc1cc2c(N3CCn4c(nnc4C(F)(F)F)C3)nc(N3CCNC(=O)C3)nc2s1. The fourth-order valence-electron chi connectivity index (χ4n) is 4.05. The van der Waals surface area contributed by atoms with E-state index in [2.05, 4.69) is 28.5 Å². The van der Waals surface area contributed by atoms with Crippen molar-refractivity contribution in [2.75, 3.05) is 36.0 Å². The van der Waals surface area contributed by atoms with E-state index >= 15 is 0 Å². The number of aryl methyl sites for hydroxylation is 1. The van der Waals surface area contributed by atoms with Gasteiger partial charge in [-0.25, -0.2) is 4.98 Å². The number of hydrogen-bond donors (Lipinski definition) is 1. The van der Waals surface area contributed by atoms with Crippen molar-refractivity contribution in [3.63, 3.8) is 0 Å². The van der Waals surface area contributed by atoms with Crippen LogP contribution in [0.15, 0.2) is 6.07 Å². The summed E-state index contributed by atoms with van der Waals surface area (Å²) in [6.07, 6.45) is -2.65. The Morgan fingerprint density at radius 1 is 1.12 bits per heavy atom. The molecule has 0 aliphatic carbocycles. The average molecular weight is 466 g/mol. The van der Waals surface area contributed by atoms with Gasteiger partial charge in [-0.05, 0) is 12.5 Å². The number of thiophene rings is 1. The van der Waals surface area contributed by atoms with Crippen LogP contribution >= 0.6 is 11.3 Å². The first-order chi connectivity index (χ1) is 15.3. The Morgan fingerprint density at radius 3 is 2.72 bits per heavy atom. The molecule has 1 amide bonds. The molecule has 0 aromatic carbocycles. The van der Waals surface area contributed by atoms with Crippen molar-refractivity contribution in [2.24, 2.45) is 0 Å². The van der Waals surface area contributed by atoms with Gasteiger partial charge in [0, 0.05) is 31.1 Å². The highest BCUT2D eigenvalue weighted by Crippen LogP contribution is 2.36. The molecule has 2 aliphatic heterocycles. The van der Waals surface area contributed by atoms with Crippen LogP contribution in [0.25, 0.3) is 10.2 Å². The molecule has 3 aromatic heterocycles. The van der Waals surface area contributed by atoms with E-state index in [0.717, 1.165) is 27.6 Å². The minimum Gasteiger partial charge on any atom is -0.353 e. The molecule has 1 fully saturated rings. The van der Waals surface area contributed by atoms with E-state index in [1.807, 2.05) is 9.80 Å². The van der Waals surface area contributed by atoms with Gasteiger partial charge >= 0.3 is 6.18 Å². The standard InChI is InChI=1S/C19H21F3N8OS/c1-2-3-11-8-12-15(24-18(25-16(12)32-11)29-5-4-23-14(31)10-29)28-6-7-30-13(9-28)26-27-17(30)19(20,21)22/h8H,2-7,9-10H2,1H3,(H,23,31). The van der Waals surface area contributed by atoms with Gasteiger partial charge in [-0.15, -0.1) is 21.5 Å². The Morgan fingerprint density at radius 2 is 1.97 bits per heavy atom. The summed E-state index contributed by atoms with van der Waals surface area (Å²) < 4.78 is 40.8. The van der Waals surface area contributed by atoms with Crippen molar-refractivity contribution < 1.29 is 18.0 Å². The van der Waals surface area contributed by atoms with Crippen molar-refractivity contribution in [2.45, 2.75) is 39.0 Å². The van der Waals surface area contributed by atoms with Crippen LogP contribution in [0.4, 0.5) is 24.9 Å². The Kier molecular flexibility index (Phi) is 5.14. The quantitative estimate of drug-likeness (QED) is 0.630. The van der Waals surface area contributed by atoms with E-state index in [1.54, 1.807) is 11.3 Å². The number of aromatic nitrogens is 5. The van der Waals surface area contributed by atoms with E-state index in [-0.39, 0.29) is 31.4 Å². The summed E-state index contributed by atoms with van der Waals surface area (Å²) in [6, 6.07) is 2.06. The molecule has 5 heterocycles. The van der Waals surface area contributed by atoms with Gasteiger partial charge in [0.25, 0.3) is 0 Å². The Balaban J connectivity index is 1.54. The summed E-state index contributed by atoms with van der Waals surface area (Å²) in [5.41, 5.74) is 0. The molecule has 9 nitrogen and oxygen atoms in total. The van der Waals surface area contributed by atoms with Crippen LogP contribution in [0.2, 0.25) is 0 Å². The number of rotatable bonds is 4. The highest BCUT2D eigenvalue weighted by Gasteiger charge is 2.40. The molecular formula is C19H21F3N8OS. The first kappa shape index (κ1) is 20.9. The molecule has 2 aliphatic rings. The summed E-state index contributed by atoms with van der Waals surface area (Å²) in [5, 5.41) is 10.8. The second-order valence-electron chi connectivity index (χ2n) is 7.81. The van der Waals surface area contributed by atoms with Crippen molar-refractivity contribution in [1.29, 1.82) is 0 Å². The van der Waals surface area contributed by atoms with Gasteiger partial charge in [-0.2, -0.15) is 18.2 Å². The van der Waals surface area contributed by atoms with Crippen LogP contribution in [0.5, 0.6) is 0 Å². The minimum atomic E-state index is -4.54. The molecule has 3 aromatic rings. The maximum Gasteiger partial charge on any atom is 0.451 e. The lowest BCUT2D eigenvalue weighted by atomic mass is 10.2. The third-order valence-corrected chi connectivity index (χ3v) is 6.62. The second kappa shape index (κ2) is 7.87. The second-order valence-corrected chi connectivity index (χ2v) is 8.93. The molecule has 170 valence electrons. The zero-order valence-electron chi connectivity index (χ0n) is 17.3. The normalized spacial score (nSPS) is 17.1. The van der Waals surface area contributed by atoms with Gasteiger partial charge in [-0.1, -0.05) is 13.3 Å². The topological polar surface area (TPSA) is 92.1 Å². The van der Waals surface area contributed by atoms with E-state index in [4.69, 9.17) is 9.97 Å². The fraction of sp³-hybridized carbons (Fsp3) is 0.526. The van der Waals surface area contributed by atoms with E-state index in [9.17, 15) is 18.0 Å². The number of halogens is 3. The van der Waals surface area contributed by atoms with Crippen LogP contribution in [0.1, 0.15) is 29.9 Å². The number of nitrogens with zero attached hydrogens (tertiary/aromatic N) is 7. The van der Waals surface area contributed by atoms with Crippen LogP contribution < -0.4 is 15.1 Å². The number of amides is 1. The van der Waals surface area contributed by atoms with E-state index in [1.165, 1.54) is 4.88 Å². The molecule has 0 atom stereocenters. The summed E-state index contributed by atoms with van der Waals surface area (Å²) in [5.74, 6) is 0.289. The maximum absolute atomic E-state index is 13.2. The van der Waals surface area contributed by atoms with Crippen molar-refractivity contribution in [3.8, 4) is 0 Å². The first-order valence-electron chi connectivity index (χ1n) is 10.4. The molecule has 0 radical (unpaired) electrons. The Hall–Kier alpha value is -2.96. The third-order valence-electron chi connectivity index (χ3n) is 5.54. The maximum atomic E-state index is 13.2. The number of anilines is 2. The molecule has 1 N–H and O–H groups in total. The van der Waals surface area contributed by atoms with Gasteiger partial charge in [0.15, 0.2) is 5.82 Å². The van der Waals surface area contributed by atoms with Crippen LogP contribution in [-0.2, 0) is 30.5 Å². The Bertz CT molecular complexity index is 1170. The van der Waals surface area contributed by atoms with Gasteiger partial charge in [-0.3, -0.25) is 4.79 Å². The molecule has 0 saturated carbocycles. The minimum absolute atomic E-state index is 0.0925. The fourth-order valence-corrected chi connectivity index (χ4v) is 5.17. The Labute approximate surface area is 185 Å². The number of hydrogen-bond acceptors (Lipinski definition) is 8. The average Bonchev–Trinajstić information content (AvgIpc) is 3.36. The van der Waals surface area contributed by atoms with Gasteiger partial charge in [0.05, 0.1) is 18.5 Å². The highest BCUT2D eigenvalue weighted by molar-refractivity contribution is 7.18. The number of piperazine rings is 1. The van der Waals surface area contributed by atoms with Crippen LogP contribution in [-0.4, -0.2) is 56.8 Å². The largest absolute Gasteiger partial charge is 0.451 e. The predicted octanol–water partition coefficient (Wildman–Crippen LogP) is 2.21. The third kappa shape index (κ3) is 3.74. The number of fused-ring (bicyclic) bond motifs is 2. The van der Waals surface area contributed by atoms with Gasteiger partial charge in [0.1, 0.15) is 10.6 Å². The smallest absolute Gasteiger partial charge is 0.353 e. The monoisotopic (exact) mass is 466 g/mol. The number of carbonyl (C=O) groups excluding carboxylic acids is 1. The summed E-state index contributed by atoms with van der Waals surface area (Å²) in [7, 11) is 0. The number of alkyl halides is 3. The van der Waals surface area contributed by atoms with E-state index < -0.39 is 12.0 Å². The van der Waals surface area contributed by atoms with Crippen molar-refractivity contribution in [1.82, 2.24) is 30.0 Å². The van der Waals surface area contributed by atoms with Gasteiger partial charge < -0.3 is 19.7 Å². The van der Waals surface area contributed by atoms with Crippen LogP contribution in [0.3, 0.4) is 0 Å². The number of carbonyl (C=O) groups is 1. The van der Waals surface area contributed by atoms with Crippen molar-refractivity contribution >= 4 is 39.2 Å². The molecular weight excluding hydrogens is 445 g/mol. The molecule has 13 heteroatoms. The summed E-state index contributed by atoms with van der Waals surface area (Å²) in [6.45, 7) is 3.97. The van der Waals surface area contributed by atoms with Crippen molar-refractivity contribution in [3.05, 3.63) is 22.6 Å². The lowest BCUT2D eigenvalue weighted by Gasteiger charge is -2.31. The lowest BCUT2D eigenvalue weighted by Crippen LogP contribution is -2.48. The molecule has 0 spiro atoms. The molecule has 32 heavy (non-hydrogen) atoms. The summed E-state index contributed by atoms with van der Waals surface area (Å²) >= 11 is 1.59. The molecule has 5 rings (SSSR count). The first-order valence-corrected chi connectivity index (χ1v) is 11.2. The van der Waals surface area contributed by atoms with Gasteiger partial charge in [0.2, 0.25) is 17.7 Å². The molecule has 0 bridgehead atoms. The summed E-state index contributed by atoms with van der Waals surface area (Å²) in [4.78, 5) is 27.1. The molecule has 1 saturated heterocycles. The zero-order valence-corrected chi connectivity index (χ0v) is 18.1. The number of nitrogens with one attached hydrogen (secondary N) is 1.